The number of ether oxygens (including phenoxy) is 1. The molecular weight excluding hydrogens is 336 g/mol. The summed E-state index contributed by atoms with van der Waals surface area (Å²) in [5.41, 5.74) is 3.02. The van der Waals surface area contributed by atoms with Crippen molar-refractivity contribution in [1.82, 2.24) is 9.97 Å². The Morgan fingerprint density at radius 3 is 2.40 bits per heavy atom. The Labute approximate surface area is 149 Å². The number of hydrogen-bond acceptors (Lipinski definition) is 5. The number of esters is 1. The van der Waals surface area contributed by atoms with Crippen molar-refractivity contribution in [2.45, 2.75) is 5.16 Å². The first-order valence-corrected chi connectivity index (χ1v) is 8.61. The predicted octanol–water partition coefficient (Wildman–Crippen LogP) is 3.84. The Bertz CT molecular complexity index is 873. The SMILES string of the molecule is COC(=O)c1c[nH]c(SCC(=O)c2ccc(-c3ccccc3)cc2)n1. The third kappa shape index (κ3) is 4.16. The molecule has 1 heterocycles. The van der Waals surface area contributed by atoms with Crippen LogP contribution < -0.4 is 0 Å². The van der Waals surface area contributed by atoms with Crippen molar-refractivity contribution in [3.63, 3.8) is 0 Å². The van der Waals surface area contributed by atoms with E-state index in [0.717, 1.165) is 11.1 Å². The van der Waals surface area contributed by atoms with Crippen LogP contribution in [0.15, 0.2) is 66.0 Å². The number of methoxy groups -OCH3 is 1. The molecule has 0 aliphatic heterocycles. The zero-order chi connectivity index (χ0) is 17.6. The normalized spacial score (nSPS) is 10.4. The van der Waals surface area contributed by atoms with Crippen LogP contribution in [-0.2, 0) is 4.74 Å². The number of nitrogens with one attached hydrogen (secondary N) is 1. The van der Waals surface area contributed by atoms with Crippen LogP contribution in [-0.4, -0.2) is 34.6 Å². The van der Waals surface area contributed by atoms with Crippen LogP contribution in [0, 0.1) is 0 Å². The topological polar surface area (TPSA) is 72.1 Å². The van der Waals surface area contributed by atoms with E-state index in [1.807, 2.05) is 54.6 Å². The average Bonchev–Trinajstić information content (AvgIpc) is 3.15. The van der Waals surface area contributed by atoms with Crippen LogP contribution in [0.2, 0.25) is 0 Å². The summed E-state index contributed by atoms with van der Waals surface area (Å²) < 4.78 is 4.59. The lowest BCUT2D eigenvalue weighted by molar-refractivity contribution is 0.0594. The molecule has 0 spiro atoms. The van der Waals surface area contributed by atoms with Crippen molar-refractivity contribution in [3.05, 3.63) is 72.1 Å². The van der Waals surface area contributed by atoms with Gasteiger partial charge in [-0.15, -0.1) is 0 Å². The largest absolute Gasteiger partial charge is 0.464 e. The lowest BCUT2D eigenvalue weighted by Crippen LogP contribution is -2.03. The maximum Gasteiger partial charge on any atom is 0.358 e. The second-order valence-corrected chi connectivity index (χ2v) is 6.20. The minimum absolute atomic E-state index is 0.000583. The number of ketones is 1. The van der Waals surface area contributed by atoms with Gasteiger partial charge in [0.2, 0.25) is 0 Å². The minimum Gasteiger partial charge on any atom is -0.464 e. The summed E-state index contributed by atoms with van der Waals surface area (Å²) >= 11 is 1.25. The van der Waals surface area contributed by atoms with E-state index in [2.05, 4.69) is 14.7 Å². The van der Waals surface area contributed by atoms with Crippen molar-refractivity contribution >= 4 is 23.5 Å². The number of H-pyrrole nitrogens is 1. The molecular formula is C19H16N2O3S. The molecule has 0 aliphatic rings. The summed E-state index contributed by atoms with van der Waals surface area (Å²) in [6.45, 7) is 0. The van der Waals surface area contributed by atoms with E-state index < -0.39 is 5.97 Å². The monoisotopic (exact) mass is 352 g/mol. The molecule has 0 saturated heterocycles. The molecule has 6 heteroatoms. The molecule has 1 N–H and O–H groups in total. The molecule has 3 rings (SSSR count). The van der Waals surface area contributed by atoms with Gasteiger partial charge in [-0.25, -0.2) is 9.78 Å². The summed E-state index contributed by atoms with van der Waals surface area (Å²) in [6.07, 6.45) is 1.47. The number of thioether (sulfide) groups is 1. The van der Waals surface area contributed by atoms with Gasteiger partial charge < -0.3 is 9.72 Å². The van der Waals surface area contributed by atoms with E-state index in [0.29, 0.717) is 10.7 Å². The number of imidazole rings is 1. The number of nitrogens with zero attached hydrogens (tertiary/aromatic N) is 1. The average molecular weight is 352 g/mol. The van der Waals surface area contributed by atoms with Crippen molar-refractivity contribution in [2.24, 2.45) is 0 Å². The lowest BCUT2D eigenvalue weighted by atomic mass is 10.0. The van der Waals surface area contributed by atoms with E-state index in [4.69, 9.17) is 0 Å². The summed E-state index contributed by atoms with van der Waals surface area (Å²) in [7, 11) is 1.30. The molecule has 0 atom stereocenters. The van der Waals surface area contributed by atoms with Gasteiger partial charge in [0.25, 0.3) is 0 Å². The molecule has 3 aromatic rings. The molecule has 0 fully saturated rings. The van der Waals surface area contributed by atoms with Gasteiger partial charge in [0.15, 0.2) is 16.6 Å². The van der Waals surface area contributed by atoms with Crippen LogP contribution in [0.3, 0.4) is 0 Å². The highest BCUT2D eigenvalue weighted by Crippen LogP contribution is 2.21. The number of hydrogen-bond donors (Lipinski definition) is 1. The summed E-state index contributed by atoms with van der Waals surface area (Å²) in [5, 5.41) is 0.509. The first-order chi connectivity index (χ1) is 12.2. The van der Waals surface area contributed by atoms with Crippen LogP contribution in [0.25, 0.3) is 11.1 Å². The van der Waals surface area contributed by atoms with Gasteiger partial charge in [-0.3, -0.25) is 4.79 Å². The Morgan fingerprint density at radius 2 is 1.72 bits per heavy atom. The number of aromatic amines is 1. The van der Waals surface area contributed by atoms with Crippen LogP contribution in [0.5, 0.6) is 0 Å². The zero-order valence-corrected chi connectivity index (χ0v) is 14.4. The first kappa shape index (κ1) is 17.0. The molecule has 0 saturated carbocycles. The van der Waals surface area contributed by atoms with E-state index in [-0.39, 0.29) is 17.2 Å². The lowest BCUT2D eigenvalue weighted by Gasteiger charge is -2.04. The van der Waals surface area contributed by atoms with Gasteiger partial charge in [0.05, 0.1) is 12.9 Å². The zero-order valence-electron chi connectivity index (χ0n) is 13.6. The molecule has 126 valence electrons. The predicted molar refractivity (Wildman–Crippen MR) is 96.9 cm³/mol. The van der Waals surface area contributed by atoms with Gasteiger partial charge in [0, 0.05) is 11.8 Å². The fraction of sp³-hybridized carbons (Fsp3) is 0.105. The van der Waals surface area contributed by atoms with E-state index >= 15 is 0 Å². The van der Waals surface area contributed by atoms with Crippen molar-refractivity contribution < 1.29 is 14.3 Å². The van der Waals surface area contributed by atoms with Gasteiger partial charge in [-0.1, -0.05) is 66.4 Å². The quantitative estimate of drug-likeness (QED) is 0.415. The highest BCUT2D eigenvalue weighted by atomic mass is 32.2. The van der Waals surface area contributed by atoms with Gasteiger partial charge in [-0.05, 0) is 11.1 Å². The van der Waals surface area contributed by atoms with Gasteiger partial charge in [0.1, 0.15) is 0 Å². The molecule has 5 nitrogen and oxygen atoms in total. The minimum atomic E-state index is -0.508. The third-order valence-electron chi connectivity index (χ3n) is 3.60. The molecule has 25 heavy (non-hydrogen) atoms. The Morgan fingerprint density at radius 1 is 1.04 bits per heavy atom. The number of carbonyl (C=O) groups is 2. The summed E-state index contributed by atoms with van der Waals surface area (Å²) in [4.78, 5) is 30.6. The second kappa shape index (κ2) is 7.81. The maximum absolute atomic E-state index is 12.3. The molecule has 1 aromatic heterocycles. The molecule has 2 aromatic carbocycles. The third-order valence-corrected chi connectivity index (χ3v) is 4.49. The molecule has 0 aliphatic carbocycles. The summed E-state index contributed by atoms with van der Waals surface area (Å²) in [6, 6.07) is 17.5. The number of benzene rings is 2. The standard InChI is InChI=1S/C19H16N2O3S/c1-24-18(23)16-11-20-19(21-16)25-12-17(22)15-9-7-14(8-10-15)13-5-3-2-4-6-13/h2-11H,12H2,1H3,(H,20,21). The molecule has 0 amide bonds. The fourth-order valence-corrected chi connectivity index (χ4v) is 3.02. The Hall–Kier alpha value is -2.86. The van der Waals surface area contributed by atoms with Gasteiger partial charge >= 0.3 is 5.97 Å². The maximum atomic E-state index is 12.3. The van der Waals surface area contributed by atoms with Crippen molar-refractivity contribution in [3.8, 4) is 11.1 Å². The van der Waals surface area contributed by atoms with E-state index in [1.54, 1.807) is 0 Å². The molecule has 0 unspecified atom stereocenters. The molecule has 0 radical (unpaired) electrons. The number of carbonyl (C=O) groups excluding carboxylic acids is 2. The molecule has 0 bridgehead atoms. The van der Waals surface area contributed by atoms with E-state index in [1.165, 1.54) is 25.1 Å². The highest BCUT2D eigenvalue weighted by Gasteiger charge is 2.12. The number of aromatic nitrogens is 2. The fourth-order valence-electron chi connectivity index (χ4n) is 2.28. The van der Waals surface area contributed by atoms with E-state index in [9.17, 15) is 9.59 Å². The number of rotatable bonds is 6. The highest BCUT2D eigenvalue weighted by molar-refractivity contribution is 7.99. The number of Topliss-reactive ketones (excluding diaryl/α,β-unsaturated/α-hetero) is 1. The van der Waals surface area contributed by atoms with Crippen LogP contribution in [0.4, 0.5) is 0 Å². The van der Waals surface area contributed by atoms with Gasteiger partial charge in [-0.2, -0.15) is 0 Å². The van der Waals surface area contributed by atoms with Crippen molar-refractivity contribution in [1.29, 1.82) is 0 Å². The Kier molecular flexibility index (Phi) is 5.30. The first-order valence-electron chi connectivity index (χ1n) is 7.62. The Balaban J connectivity index is 1.62. The second-order valence-electron chi connectivity index (χ2n) is 5.24. The van der Waals surface area contributed by atoms with Crippen LogP contribution >= 0.6 is 11.8 Å². The summed E-state index contributed by atoms with van der Waals surface area (Å²) in [5.74, 6) is -0.273. The smallest absolute Gasteiger partial charge is 0.358 e. The van der Waals surface area contributed by atoms with Crippen LogP contribution in [0.1, 0.15) is 20.8 Å². The van der Waals surface area contributed by atoms with Crippen molar-refractivity contribution in [2.75, 3.05) is 12.9 Å².